The molecule has 214 valence electrons. The summed E-state index contributed by atoms with van der Waals surface area (Å²) in [6.45, 7) is 1.34. The number of carbonyl (C=O) groups excluding carboxylic acids is 2. The summed E-state index contributed by atoms with van der Waals surface area (Å²) in [6.07, 6.45) is 0. The minimum Gasteiger partial charge on any atom is -0.478 e. The van der Waals surface area contributed by atoms with Gasteiger partial charge >= 0.3 is 5.97 Å². The number of rotatable bonds is 7. The van der Waals surface area contributed by atoms with E-state index in [4.69, 9.17) is 0 Å². The second kappa shape index (κ2) is 10.6. The van der Waals surface area contributed by atoms with Gasteiger partial charge in [-0.2, -0.15) is 0 Å². The van der Waals surface area contributed by atoms with E-state index in [1.54, 1.807) is 36.9 Å². The molecular weight excluding hydrogens is 544 g/mol. The molecule has 43 heavy (non-hydrogen) atoms. The van der Waals surface area contributed by atoms with Crippen LogP contribution in [0.2, 0.25) is 0 Å². The van der Waals surface area contributed by atoms with Crippen LogP contribution in [-0.2, 0) is 22.1 Å². The van der Waals surface area contributed by atoms with E-state index in [0.29, 0.717) is 33.8 Å². The quantitative estimate of drug-likeness (QED) is 0.298. The third kappa shape index (κ3) is 4.33. The highest BCUT2D eigenvalue weighted by molar-refractivity contribution is 6.16. The van der Waals surface area contributed by atoms with Crippen molar-refractivity contribution < 1.29 is 19.5 Å². The maximum Gasteiger partial charge on any atom is 0.335 e. The van der Waals surface area contributed by atoms with Crippen molar-refractivity contribution in [2.45, 2.75) is 12.3 Å². The van der Waals surface area contributed by atoms with E-state index in [2.05, 4.69) is 5.32 Å². The highest BCUT2D eigenvalue weighted by Crippen LogP contribution is 2.50. The van der Waals surface area contributed by atoms with Crippen molar-refractivity contribution in [1.29, 1.82) is 0 Å². The van der Waals surface area contributed by atoms with Crippen LogP contribution in [0.1, 0.15) is 32.7 Å². The van der Waals surface area contributed by atoms with Gasteiger partial charge in [-0.1, -0.05) is 78.9 Å². The molecule has 5 aromatic rings. The molecule has 0 saturated carbocycles. The Morgan fingerprint density at radius 3 is 1.93 bits per heavy atom. The second-order valence-corrected chi connectivity index (χ2v) is 10.4. The lowest BCUT2D eigenvalue weighted by molar-refractivity contribution is -0.123. The molecule has 2 amide bonds. The summed E-state index contributed by atoms with van der Waals surface area (Å²) < 4.78 is 3.12. The Kier molecular flexibility index (Phi) is 6.78. The average Bonchev–Trinajstić information content (AvgIpc) is 3.39. The Hall–Kier alpha value is -5.70. The Morgan fingerprint density at radius 1 is 0.814 bits per heavy atom. The van der Waals surface area contributed by atoms with E-state index in [0.717, 1.165) is 0 Å². The molecule has 1 aliphatic rings. The van der Waals surface area contributed by atoms with E-state index >= 15 is 0 Å². The first-order valence-electron chi connectivity index (χ1n) is 13.7. The number of anilines is 2. The number of hydrogen-bond acceptors (Lipinski definition) is 4. The molecule has 9 heteroatoms. The third-order valence-electron chi connectivity index (χ3n) is 8.04. The van der Waals surface area contributed by atoms with Gasteiger partial charge in [0.1, 0.15) is 17.6 Å². The lowest BCUT2D eigenvalue weighted by atomic mass is 9.70. The fraction of sp³-hybridized carbons (Fsp3) is 0.118. The number of amides is 2. The van der Waals surface area contributed by atoms with Crippen molar-refractivity contribution >= 4 is 29.2 Å². The van der Waals surface area contributed by atoms with Gasteiger partial charge in [0.15, 0.2) is 0 Å². The van der Waals surface area contributed by atoms with Gasteiger partial charge in [-0.05, 0) is 48.4 Å². The van der Waals surface area contributed by atoms with Crippen LogP contribution in [0.4, 0.5) is 11.4 Å². The third-order valence-corrected chi connectivity index (χ3v) is 8.04. The summed E-state index contributed by atoms with van der Waals surface area (Å²) in [5.74, 6) is -2.09. The smallest absolute Gasteiger partial charge is 0.335 e. The predicted molar refractivity (Wildman–Crippen MR) is 163 cm³/mol. The number of para-hydroxylation sites is 1. The Balaban J connectivity index is 1.44. The maximum absolute atomic E-state index is 14.7. The van der Waals surface area contributed by atoms with Crippen molar-refractivity contribution in [3.63, 3.8) is 0 Å². The van der Waals surface area contributed by atoms with Crippen LogP contribution in [0.5, 0.6) is 0 Å². The van der Waals surface area contributed by atoms with Crippen molar-refractivity contribution in [2.24, 2.45) is 7.05 Å². The summed E-state index contributed by atoms with van der Waals surface area (Å²) in [5, 5.41) is 12.6. The SMILES string of the molecule is Cc1c(NC(=O)CN2C(=O)C(c3ccccc3)(c3ccccc3)c3cc(C(=O)O)ccc32)c(=O)n(-c2ccccc2)n1C. The van der Waals surface area contributed by atoms with Gasteiger partial charge in [-0.3, -0.25) is 19.1 Å². The van der Waals surface area contributed by atoms with Crippen LogP contribution in [0.3, 0.4) is 0 Å². The van der Waals surface area contributed by atoms with Crippen molar-refractivity contribution in [3.8, 4) is 5.69 Å². The maximum atomic E-state index is 14.7. The van der Waals surface area contributed by atoms with Gasteiger partial charge in [0.05, 0.1) is 16.9 Å². The molecule has 0 unspecified atom stereocenters. The standard InChI is InChI=1S/C34H28N4O5/c1-22-30(31(40)38(36(22)2)26-16-10-5-11-17-26)35-29(39)21-37-28-19-18-23(32(41)42)20-27(28)34(33(37)43,24-12-6-3-7-13-24)25-14-8-4-9-15-25/h3-20H,21H2,1-2H3,(H,35,39)(H,41,42). The molecule has 2 N–H and O–H groups in total. The summed E-state index contributed by atoms with van der Waals surface area (Å²) in [5.41, 5.74) is 1.70. The molecule has 0 atom stereocenters. The number of carboxylic acids is 1. The number of benzene rings is 4. The van der Waals surface area contributed by atoms with Crippen molar-refractivity contribution in [2.75, 3.05) is 16.8 Å². The molecule has 0 aliphatic carbocycles. The first-order valence-corrected chi connectivity index (χ1v) is 13.7. The Labute approximate surface area is 247 Å². The van der Waals surface area contributed by atoms with Gasteiger partial charge in [0.2, 0.25) is 11.8 Å². The molecule has 4 aromatic carbocycles. The molecule has 1 aliphatic heterocycles. The van der Waals surface area contributed by atoms with Gasteiger partial charge < -0.3 is 15.3 Å². The number of aromatic nitrogens is 2. The molecule has 9 nitrogen and oxygen atoms in total. The minimum atomic E-state index is -1.40. The largest absolute Gasteiger partial charge is 0.478 e. The molecule has 2 heterocycles. The molecule has 0 fully saturated rings. The van der Waals surface area contributed by atoms with Gasteiger partial charge in [0, 0.05) is 18.3 Å². The molecule has 1 aromatic heterocycles. The lowest BCUT2D eigenvalue weighted by Crippen LogP contribution is -2.45. The van der Waals surface area contributed by atoms with Crippen molar-refractivity contribution in [1.82, 2.24) is 9.36 Å². The number of fused-ring (bicyclic) bond motifs is 1. The lowest BCUT2D eigenvalue weighted by Gasteiger charge is -2.30. The van der Waals surface area contributed by atoms with E-state index in [9.17, 15) is 24.3 Å². The molecule has 0 saturated heterocycles. The number of nitrogens with one attached hydrogen (secondary N) is 1. The topological polar surface area (TPSA) is 114 Å². The number of hydrogen-bond donors (Lipinski definition) is 2. The van der Waals surface area contributed by atoms with Crippen molar-refractivity contribution in [3.05, 3.63) is 147 Å². The van der Waals surface area contributed by atoms with Gasteiger partial charge in [-0.15, -0.1) is 0 Å². The first-order chi connectivity index (χ1) is 20.7. The average molecular weight is 573 g/mol. The zero-order chi connectivity index (χ0) is 30.3. The summed E-state index contributed by atoms with van der Waals surface area (Å²) in [7, 11) is 1.73. The highest BCUT2D eigenvalue weighted by Gasteiger charge is 2.54. The van der Waals surface area contributed by atoms with Crippen LogP contribution in [-0.4, -0.2) is 38.8 Å². The summed E-state index contributed by atoms with van der Waals surface area (Å²) in [4.78, 5) is 55.1. The normalized spacial score (nSPS) is 13.5. The van der Waals surface area contributed by atoms with E-state index < -0.39 is 35.3 Å². The van der Waals surface area contributed by atoms with Gasteiger partial charge in [0.25, 0.3) is 5.56 Å². The van der Waals surface area contributed by atoms with Gasteiger partial charge in [-0.25, -0.2) is 9.48 Å². The number of carbonyl (C=O) groups is 3. The fourth-order valence-corrected chi connectivity index (χ4v) is 5.92. The van der Waals surface area contributed by atoms with Crippen LogP contribution >= 0.6 is 0 Å². The molecule has 0 radical (unpaired) electrons. The van der Waals surface area contributed by atoms with E-state index in [1.165, 1.54) is 21.7 Å². The molecule has 0 bridgehead atoms. The van der Waals surface area contributed by atoms with Crippen LogP contribution in [0.25, 0.3) is 5.69 Å². The Bertz CT molecular complexity index is 1890. The monoisotopic (exact) mass is 572 g/mol. The summed E-state index contributed by atoms with van der Waals surface area (Å²) in [6, 6.07) is 31.8. The fourth-order valence-electron chi connectivity index (χ4n) is 5.92. The van der Waals surface area contributed by atoms with Crippen LogP contribution in [0.15, 0.2) is 114 Å². The zero-order valence-electron chi connectivity index (χ0n) is 23.5. The molecular formula is C34H28N4O5. The number of nitrogens with zero attached hydrogens (tertiary/aromatic N) is 3. The van der Waals surface area contributed by atoms with Crippen LogP contribution in [0, 0.1) is 6.92 Å². The second-order valence-electron chi connectivity index (χ2n) is 10.4. The molecule has 6 rings (SSSR count). The Morgan fingerprint density at radius 2 is 1.37 bits per heavy atom. The number of aromatic carboxylic acids is 1. The van der Waals surface area contributed by atoms with E-state index in [-0.39, 0.29) is 11.3 Å². The highest BCUT2D eigenvalue weighted by atomic mass is 16.4. The first kappa shape index (κ1) is 27.5. The predicted octanol–water partition coefficient (Wildman–Crippen LogP) is 4.50. The number of carboxylic acid groups (broad SMARTS) is 1. The van der Waals surface area contributed by atoms with Crippen LogP contribution < -0.4 is 15.8 Å². The summed E-state index contributed by atoms with van der Waals surface area (Å²) >= 11 is 0. The minimum absolute atomic E-state index is 0.0236. The zero-order valence-corrected chi connectivity index (χ0v) is 23.5. The molecule has 0 spiro atoms. The van der Waals surface area contributed by atoms with E-state index in [1.807, 2.05) is 78.9 Å².